The molecule has 0 saturated carbocycles. The zero-order chi connectivity index (χ0) is 24.4. The smallest absolute Gasteiger partial charge is 0.323 e. The standard InChI is InChI=1S/C22H17Cl2N5O5/c23-14-5-4-13(9-15(14)24)27-22(34)26-12-3-1-2-11(8-12)25-16-10-19(31)29(21(16)33)17-6-7-18(30)28-20(17)32/h1-5,8-10,17,25H,6-7H2,(H2,26,27,34)(H,28,30,32). The number of halogens is 2. The van der Waals surface area contributed by atoms with Crippen molar-refractivity contribution in [2.75, 3.05) is 16.0 Å². The van der Waals surface area contributed by atoms with E-state index in [9.17, 15) is 24.0 Å². The molecule has 174 valence electrons. The highest BCUT2D eigenvalue weighted by Crippen LogP contribution is 2.26. The second-order valence-electron chi connectivity index (χ2n) is 7.45. The first-order valence-corrected chi connectivity index (χ1v) is 10.8. The van der Waals surface area contributed by atoms with Crippen LogP contribution in [0.2, 0.25) is 10.0 Å². The molecule has 2 aromatic rings. The van der Waals surface area contributed by atoms with Crippen LogP contribution in [0.1, 0.15) is 12.8 Å². The number of carbonyl (C=O) groups excluding carboxylic acids is 5. The van der Waals surface area contributed by atoms with E-state index >= 15 is 0 Å². The quantitative estimate of drug-likeness (QED) is 0.464. The minimum Gasteiger partial charge on any atom is -0.351 e. The van der Waals surface area contributed by atoms with E-state index in [0.29, 0.717) is 27.1 Å². The van der Waals surface area contributed by atoms with E-state index in [0.717, 1.165) is 11.0 Å². The molecule has 2 aromatic carbocycles. The molecule has 4 rings (SSSR count). The predicted molar refractivity (Wildman–Crippen MR) is 125 cm³/mol. The summed E-state index contributed by atoms with van der Waals surface area (Å²) >= 11 is 11.8. The normalized spacial score (nSPS) is 17.9. The SMILES string of the molecule is O=C1CCC(N2C(=O)C=C(Nc3cccc(NC(=O)Nc4ccc(Cl)c(Cl)c4)c3)C2=O)C(=O)N1. The molecule has 12 heteroatoms. The van der Waals surface area contributed by atoms with Crippen LogP contribution >= 0.6 is 23.2 Å². The summed E-state index contributed by atoms with van der Waals surface area (Å²) < 4.78 is 0. The molecule has 34 heavy (non-hydrogen) atoms. The number of carbonyl (C=O) groups is 5. The molecule has 2 aliphatic heterocycles. The fourth-order valence-corrected chi connectivity index (χ4v) is 3.79. The molecule has 2 aliphatic rings. The second-order valence-corrected chi connectivity index (χ2v) is 8.27. The van der Waals surface area contributed by atoms with Crippen LogP contribution in [0.5, 0.6) is 0 Å². The summed E-state index contributed by atoms with van der Waals surface area (Å²) in [4.78, 5) is 61.7. The number of nitrogens with one attached hydrogen (secondary N) is 4. The fraction of sp³-hybridized carbons (Fsp3) is 0.136. The first kappa shape index (κ1) is 23.3. The number of amides is 6. The van der Waals surface area contributed by atoms with Crippen LogP contribution in [-0.4, -0.2) is 40.6 Å². The first-order valence-electron chi connectivity index (χ1n) is 10.0. The van der Waals surface area contributed by atoms with Gasteiger partial charge in [0.25, 0.3) is 11.8 Å². The van der Waals surface area contributed by atoms with Gasteiger partial charge in [0.2, 0.25) is 11.8 Å². The van der Waals surface area contributed by atoms with Gasteiger partial charge in [-0.25, -0.2) is 4.79 Å². The summed E-state index contributed by atoms with van der Waals surface area (Å²) in [5.74, 6) is -2.47. The monoisotopic (exact) mass is 501 g/mol. The summed E-state index contributed by atoms with van der Waals surface area (Å²) in [5, 5.41) is 10.9. The van der Waals surface area contributed by atoms with Gasteiger partial charge in [-0.05, 0) is 42.8 Å². The van der Waals surface area contributed by atoms with Crippen molar-refractivity contribution < 1.29 is 24.0 Å². The van der Waals surface area contributed by atoms with Gasteiger partial charge >= 0.3 is 6.03 Å². The molecule has 0 radical (unpaired) electrons. The van der Waals surface area contributed by atoms with E-state index in [-0.39, 0.29) is 18.5 Å². The van der Waals surface area contributed by atoms with Gasteiger partial charge in [0.15, 0.2) is 0 Å². The van der Waals surface area contributed by atoms with Gasteiger partial charge < -0.3 is 16.0 Å². The fourth-order valence-electron chi connectivity index (χ4n) is 3.50. The summed E-state index contributed by atoms with van der Waals surface area (Å²) in [6.07, 6.45) is 1.19. The van der Waals surface area contributed by atoms with Crippen LogP contribution in [-0.2, 0) is 19.2 Å². The zero-order valence-corrected chi connectivity index (χ0v) is 18.9. The van der Waals surface area contributed by atoms with E-state index < -0.39 is 35.7 Å². The van der Waals surface area contributed by atoms with Gasteiger partial charge in [-0.15, -0.1) is 0 Å². The van der Waals surface area contributed by atoms with Crippen molar-refractivity contribution in [3.63, 3.8) is 0 Å². The molecule has 10 nitrogen and oxygen atoms in total. The van der Waals surface area contributed by atoms with Crippen molar-refractivity contribution in [3.05, 3.63) is 64.3 Å². The highest BCUT2D eigenvalue weighted by Gasteiger charge is 2.42. The zero-order valence-electron chi connectivity index (χ0n) is 17.4. The van der Waals surface area contributed by atoms with Crippen molar-refractivity contribution >= 4 is 69.9 Å². The van der Waals surface area contributed by atoms with Crippen molar-refractivity contribution in [1.29, 1.82) is 0 Å². The van der Waals surface area contributed by atoms with E-state index in [2.05, 4.69) is 21.3 Å². The molecule has 1 fully saturated rings. The Labute approximate surface area is 203 Å². The number of nitrogens with zero attached hydrogens (tertiary/aromatic N) is 1. The van der Waals surface area contributed by atoms with Crippen LogP contribution in [0.15, 0.2) is 54.2 Å². The number of benzene rings is 2. The molecule has 0 spiro atoms. The third-order valence-electron chi connectivity index (χ3n) is 5.05. The van der Waals surface area contributed by atoms with Crippen LogP contribution in [0.25, 0.3) is 0 Å². The van der Waals surface area contributed by atoms with Crippen molar-refractivity contribution in [2.24, 2.45) is 0 Å². The topological polar surface area (TPSA) is 137 Å². The average molecular weight is 502 g/mol. The Morgan fingerprint density at radius 3 is 2.35 bits per heavy atom. The summed E-state index contributed by atoms with van der Waals surface area (Å²) in [6, 6.07) is 9.52. The number of anilines is 3. The number of urea groups is 1. The van der Waals surface area contributed by atoms with Gasteiger partial charge in [0.1, 0.15) is 11.7 Å². The average Bonchev–Trinajstić information content (AvgIpc) is 3.04. The molecule has 4 N–H and O–H groups in total. The largest absolute Gasteiger partial charge is 0.351 e. The summed E-state index contributed by atoms with van der Waals surface area (Å²) in [5.41, 5.74) is 1.23. The molecule has 1 saturated heterocycles. The van der Waals surface area contributed by atoms with Crippen LogP contribution in [0, 0.1) is 0 Å². The Hall–Kier alpha value is -3.89. The van der Waals surface area contributed by atoms with Gasteiger partial charge in [-0.3, -0.25) is 29.4 Å². The van der Waals surface area contributed by atoms with E-state index in [1.54, 1.807) is 36.4 Å². The van der Waals surface area contributed by atoms with E-state index in [4.69, 9.17) is 23.2 Å². The first-order chi connectivity index (χ1) is 16.2. The summed E-state index contributed by atoms with van der Waals surface area (Å²) in [6.45, 7) is 0. The van der Waals surface area contributed by atoms with Crippen molar-refractivity contribution in [3.8, 4) is 0 Å². The molecule has 1 unspecified atom stereocenters. The second kappa shape index (κ2) is 9.54. The highest BCUT2D eigenvalue weighted by atomic mass is 35.5. The maximum atomic E-state index is 12.8. The number of imide groups is 2. The van der Waals surface area contributed by atoms with Gasteiger partial charge in [-0.2, -0.15) is 0 Å². The lowest BCUT2D eigenvalue weighted by Crippen LogP contribution is -2.54. The van der Waals surface area contributed by atoms with Crippen molar-refractivity contribution in [1.82, 2.24) is 10.2 Å². The summed E-state index contributed by atoms with van der Waals surface area (Å²) in [7, 11) is 0. The molecule has 0 bridgehead atoms. The Kier molecular flexibility index (Phi) is 6.53. The Balaban J connectivity index is 1.40. The number of rotatable bonds is 5. The van der Waals surface area contributed by atoms with Gasteiger partial charge in [0, 0.05) is 29.6 Å². The molecule has 0 aliphatic carbocycles. The number of hydrogen-bond donors (Lipinski definition) is 4. The van der Waals surface area contributed by atoms with Gasteiger partial charge in [0.05, 0.1) is 10.0 Å². The van der Waals surface area contributed by atoms with Gasteiger partial charge in [-0.1, -0.05) is 29.3 Å². The van der Waals surface area contributed by atoms with Crippen LogP contribution in [0.4, 0.5) is 21.9 Å². The molecular formula is C22H17Cl2N5O5. The highest BCUT2D eigenvalue weighted by molar-refractivity contribution is 6.42. The number of piperidine rings is 1. The maximum absolute atomic E-state index is 12.8. The minimum atomic E-state index is -1.05. The third-order valence-corrected chi connectivity index (χ3v) is 5.79. The Bertz CT molecular complexity index is 1260. The third kappa shape index (κ3) is 5.03. The van der Waals surface area contributed by atoms with E-state index in [1.807, 2.05) is 0 Å². The maximum Gasteiger partial charge on any atom is 0.323 e. The minimum absolute atomic E-state index is 0.0351. The lowest BCUT2D eigenvalue weighted by Gasteiger charge is -2.28. The molecular weight excluding hydrogens is 485 g/mol. The van der Waals surface area contributed by atoms with Crippen molar-refractivity contribution in [2.45, 2.75) is 18.9 Å². The molecule has 2 heterocycles. The predicted octanol–water partition coefficient (Wildman–Crippen LogP) is 3.11. The van der Waals surface area contributed by atoms with E-state index in [1.165, 1.54) is 6.07 Å². The van der Waals surface area contributed by atoms with Crippen LogP contribution < -0.4 is 21.3 Å². The Morgan fingerprint density at radius 1 is 0.941 bits per heavy atom. The molecule has 1 atom stereocenters. The molecule has 0 aromatic heterocycles. The lowest BCUT2D eigenvalue weighted by atomic mass is 10.0. The lowest BCUT2D eigenvalue weighted by molar-refractivity contribution is -0.149. The molecule has 6 amide bonds. The van der Waals surface area contributed by atoms with Crippen LogP contribution in [0.3, 0.4) is 0 Å². The number of hydrogen-bond acceptors (Lipinski definition) is 6. The Morgan fingerprint density at radius 2 is 1.65 bits per heavy atom.